The Morgan fingerprint density at radius 2 is 2.00 bits per heavy atom. The predicted octanol–water partition coefficient (Wildman–Crippen LogP) is 2.80. The number of amides is 1. The van der Waals surface area contributed by atoms with Gasteiger partial charge in [-0.3, -0.25) is 4.79 Å². The number of hydrogen-bond acceptors (Lipinski definition) is 5. The first-order chi connectivity index (χ1) is 11.4. The third-order valence-corrected chi connectivity index (χ3v) is 6.65. The summed E-state index contributed by atoms with van der Waals surface area (Å²) in [4.78, 5) is 12.0. The fraction of sp³-hybridized carbons (Fsp3) is 0.312. The summed E-state index contributed by atoms with van der Waals surface area (Å²) in [6.07, 6.45) is 0.657. The van der Waals surface area contributed by atoms with Gasteiger partial charge in [0.2, 0.25) is 5.91 Å². The van der Waals surface area contributed by atoms with Crippen LogP contribution in [0.15, 0.2) is 46.0 Å². The van der Waals surface area contributed by atoms with E-state index in [-0.39, 0.29) is 18.9 Å². The number of hydrogen-bond donors (Lipinski definition) is 1. The zero-order valence-electron chi connectivity index (χ0n) is 13.6. The van der Waals surface area contributed by atoms with Crippen LogP contribution in [0.25, 0.3) is 0 Å². The van der Waals surface area contributed by atoms with Gasteiger partial charge in [0.05, 0.1) is 12.8 Å². The fourth-order valence-corrected chi connectivity index (χ4v) is 4.52. The maximum Gasteiger partial charge on any atom is 0.252 e. The molecule has 130 valence electrons. The molecule has 24 heavy (non-hydrogen) atoms. The maximum absolute atomic E-state index is 12.3. The maximum atomic E-state index is 12.3. The minimum absolute atomic E-state index is 0.179. The largest absolute Gasteiger partial charge is 0.495 e. The number of methoxy groups -OCH3 is 1. The number of sulfonamides is 1. The highest BCUT2D eigenvalue weighted by molar-refractivity contribution is 7.91. The monoisotopic (exact) mass is 368 g/mol. The zero-order valence-corrected chi connectivity index (χ0v) is 15.2. The molecule has 1 amide bonds. The summed E-state index contributed by atoms with van der Waals surface area (Å²) in [5, 5.41) is 4.50. The van der Waals surface area contributed by atoms with Crippen LogP contribution in [-0.4, -0.2) is 39.3 Å². The molecular weight excluding hydrogens is 348 g/mol. The van der Waals surface area contributed by atoms with E-state index in [9.17, 15) is 13.2 Å². The minimum atomic E-state index is -3.46. The van der Waals surface area contributed by atoms with Gasteiger partial charge in [-0.2, -0.15) is 0 Å². The van der Waals surface area contributed by atoms with Crippen LogP contribution >= 0.6 is 11.3 Å². The second-order valence-electron chi connectivity index (χ2n) is 5.11. The van der Waals surface area contributed by atoms with Gasteiger partial charge in [-0.15, -0.1) is 11.3 Å². The molecule has 0 aliphatic rings. The molecule has 1 heterocycles. The second kappa shape index (κ2) is 8.27. The number of para-hydroxylation sites is 2. The Morgan fingerprint density at radius 1 is 1.25 bits per heavy atom. The molecule has 1 N–H and O–H groups in total. The molecule has 1 aromatic heterocycles. The van der Waals surface area contributed by atoms with Crippen molar-refractivity contribution in [2.75, 3.05) is 26.0 Å². The van der Waals surface area contributed by atoms with E-state index in [1.165, 1.54) is 29.8 Å². The van der Waals surface area contributed by atoms with Crippen LogP contribution in [0, 0.1) is 0 Å². The minimum Gasteiger partial charge on any atom is -0.495 e. The van der Waals surface area contributed by atoms with Gasteiger partial charge in [0.1, 0.15) is 9.96 Å². The molecule has 2 rings (SSSR count). The first kappa shape index (κ1) is 18.4. The highest BCUT2D eigenvalue weighted by atomic mass is 32.2. The topological polar surface area (TPSA) is 75.7 Å². The van der Waals surface area contributed by atoms with Crippen molar-refractivity contribution in [1.29, 1.82) is 0 Å². The number of benzene rings is 1. The van der Waals surface area contributed by atoms with E-state index in [4.69, 9.17) is 4.74 Å². The number of carbonyl (C=O) groups excluding carboxylic acids is 1. The smallest absolute Gasteiger partial charge is 0.252 e. The predicted molar refractivity (Wildman–Crippen MR) is 95.0 cm³/mol. The molecule has 0 unspecified atom stereocenters. The lowest BCUT2D eigenvalue weighted by molar-refractivity contribution is -0.116. The zero-order chi connectivity index (χ0) is 17.6. The van der Waals surface area contributed by atoms with E-state index in [2.05, 4.69) is 5.32 Å². The summed E-state index contributed by atoms with van der Waals surface area (Å²) < 4.78 is 31.3. The summed E-state index contributed by atoms with van der Waals surface area (Å²) in [6.45, 7) is 0.277. The molecule has 0 saturated heterocycles. The van der Waals surface area contributed by atoms with Crippen LogP contribution in [0.4, 0.5) is 5.69 Å². The molecule has 0 spiro atoms. The van der Waals surface area contributed by atoms with Crippen LogP contribution < -0.4 is 10.1 Å². The molecule has 2 aromatic rings. The number of ether oxygens (including phenoxy) is 1. The van der Waals surface area contributed by atoms with Crippen molar-refractivity contribution in [3.63, 3.8) is 0 Å². The molecule has 0 fully saturated rings. The molecule has 0 saturated carbocycles. The van der Waals surface area contributed by atoms with Crippen molar-refractivity contribution in [2.45, 2.75) is 17.1 Å². The van der Waals surface area contributed by atoms with Gasteiger partial charge in [-0.25, -0.2) is 12.7 Å². The highest BCUT2D eigenvalue weighted by Crippen LogP contribution is 2.23. The quantitative estimate of drug-likeness (QED) is 0.777. The summed E-state index contributed by atoms with van der Waals surface area (Å²) in [7, 11) is -0.405. The van der Waals surface area contributed by atoms with Crippen LogP contribution in [0.1, 0.15) is 12.8 Å². The second-order valence-corrected chi connectivity index (χ2v) is 8.33. The Balaban J connectivity index is 1.84. The fourth-order valence-electron chi connectivity index (χ4n) is 2.11. The van der Waals surface area contributed by atoms with E-state index in [0.29, 0.717) is 22.1 Å². The molecule has 0 bridgehead atoms. The standard InChI is InChI=1S/C16H20N2O4S2/c1-18(24(20,21)16-10-6-12-23-16)11-5-9-15(19)17-13-7-3-4-8-14(13)22-2/h3-4,6-8,10,12H,5,9,11H2,1-2H3,(H,17,19). The molecule has 0 radical (unpaired) electrons. The van der Waals surface area contributed by atoms with E-state index < -0.39 is 10.0 Å². The average Bonchev–Trinajstić information content (AvgIpc) is 3.10. The van der Waals surface area contributed by atoms with Crippen molar-refractivity contribution in [2.24, 2.45) is 0 Å². The number of rotatable bonds is 8. The molecule has 8 heteroatoms. The molecule has 0 atom stereocenters. The number of anilines is 1. The van der Waals surface area contributed by atoms with Gasteiger partial charge >= 0.3 is 0 Å². The van der Waals surface area contributed by atoms with Crippen molar-refractivity contribution >= 4 is 33.0 Å². The Bertz CT molecular complexity index is 773. The summed E-state index contributed by atoms with van der Waals surface area (Å²) in [5.74, 6) is 0.407. The van der Waals surface area contributed by atoms with Crippen LogP contribution in [0.2, 0.25) is 0 Å². The van der Waals surface area contributed by atoms with Crippen molar-refractivity contribution in [3.8, 4) is 5.75 Å². The third-order valence-electron chi connectivity index (χ3n) is 3.42. The SMILES string of the molecule is COc1ccccc1NC(=O)CCCN(C)S(=O)(=O)c1cccs1. The van der Waals surface area contributed by atoms with Crippen molar-refractivity contribution < 1.29 is 17.9 Å². The number of nitrogens with one attached hydrogen (secondary N) is 1. The van der Waals surface area contributed by atoms with E-state index in [1.807, 2.05) is 6.07 Å². The number of carbonyl (C=O) groups is 1. The molecular formula is C16H20N2O4S2. The van der Waals surface area contributed by atoms with Gasteiger partial charge in [0.15, 0.2) is 0 Å². The van der Waals surface area contributed by atoms with E-state index in [0.717, 1.165) is 0 Å². The van der Waals surface area contributed by atoms with Gasteiger partial charge in [-0.05, 0) is 30.0 Å². The normalized spacial score (nSPS) is 11.5. The van der Waals surface area contributed by atoms with Crippen molar-refractivity contribution in [1.82, 2.24) is 4.31 Å². The first-order valence-electron chi connectivity index (χ1n) is 7.38. The van der Waals surface area contributed by atoms with Crippen molar-refractivity contribution in [3.05, 3.63) is 41.8 Å². The Hall–Kier alpha value is -1.90. The molecule has 0 aliphatic carbocycles. The van der Waals surface area contributed by atoms with Gasteiger partial charge < -0.3 is 10.1 Å². The molecule has 0 aliphatic heterocycles. The lowest BCUT2D eigenvalue weighted by Gasteiger charge is -2.16. The third kappa shape index (κ3) is 4.56. The Morgan fingerprint density at radius 3 is 2.67 bits per heavy atom. The van der Waals surface area contributed by atoms with Gasteiger partial charge in [0.25, 0.3) is 10.0 Å². The molecule has 1 aromatic carbocycles. The number of thiophene rings is 1. The lowest BCUT2D eigenvalue weighted by atomic mass is 10.2. The Kier molecular flexibility index (Phi) is 6.36. The van der Waals surface area contributed by atoms with E-state index >= 15 is 0 Å². The number of nitrogens with zero attached hydrogens (tertiary/aromatic N) is 1. The highest BCUT2D eigenvalue weighted by Gasteiger charge is 2.21. The summed E-state index contributed by atoms with van der Waals surface area (Å²) >= 11 is 1.18. The summed E-state index contributed by atoms with van der Waals surface area (Å²) in [6, 6.07) is 10.4. The average molecular weight is 368 g/mol. The van der Waals surface area contributed by atoms with E-state index in [1.54, 1.807) is 35.7 Å². The Labute approximate surface area is 146 Å². The molecule has 6 nitrogen and oxygen atoms in total. The van der Waals surface area contributed by atoms with Crippen LogP contribution in [-0.2, 0) is 14.8 Å². The lowest BCUT2D eigenvalue weighted by Crippen LogP contribution is -2.28. The first-order valence-corrected chi connectivity index (χ1v) is 9.70. The van der Waals surface area contributed by atoms with Gasteiger partial charge in [0, 0.05) is 20.0 Å². The van der Waals surface area contributed by atoms with Crippen LogP contribution in [0.3, 0.4) is 0 Å². The van der Waals surface area contributed by atoms with Crippen LogP contribution in [0.5, 0.6) is 5.75 Å². The summed E-state index contributed by atoms with van der Waals surface area (Å²) in [5.41, 5.74) is 0.601. The van der Waals surface area contributed by atoms with Gasteiger partial charge in [-0.1, -0.05) is 18.2 Å².